The molecule has 5 aromatic rings. The summed E-state index contributed by atoms with van der Waals surface area (Å²) in [4.78, 5) is 26.2. The van der Waals surface area contributed by atoms with Crippen LogP contribution in [0.1, 0.15) is 16.3 Å². The number of anilines is 1. The number of hydrogen-bond acceptors (Lipinski definition) is 6. The summed E-state index contributed by atoms with van der Waals surface area (Å²) in [6.45, 7) is 0.195. The summed E-state index contributed by atoms with van der Waals surface area (Å²) in [5, 5.41) is 8.62. The van der Waals surface area contributed by atoms with Crippen molar-refractivity contribution in [3.8, 4) is 17.1 Å². The van der Waals surface area contributed by atoms with Gasteiger partial charge in [-0.25, -0.2) is 4.79 Å². The molecule has 0 saturated carbocycles. The molecule has 158 valence electrons. The molecule has 32 heavy (non-hydrogen) atoms. The van der Waals surface area contributed by atoms with Crippen molar-refractivity contribution in [1.82, 2.24) is 10.1 Å². The summed E-state index contributed by atoms with van der Waals surface area (Å²) in [6.07, 6.45) is 0. The highest BCUT2D eigenvalue weighted by Crippen LogP contribution is 2.22. The minimum atomic E-state index is -0.650. The van der Waals surface area contributed by atoms with Gasteiger partial charge in [0.2, 0.25) is 0 Å². The molecule has 0 aliphatic carbocycles. The second kappa shape index (κ2) is 8.27. The van der Waals surface area contributed by atoms with Crippen LogP contribution in [0, 0.1) is 0 Å². The van der Waals surface area contributed by atoms with E-state index >= 15 is 0 Å². The van der Waals surface area contributed by atoms with Gasteiger partial charge < -0.3 is 14.5 Å². The van der Waals surface area contributed by atoms with Crippen LogP contribution in [0.5, 0.6) is 5.75 Å². The molecule has 0 atom stereocenters. The third kappa shape index (κ3) is 4.15. The zero-order valence-corrected chi connectivity index (χ0v) is 16.7. The molecule has 0 fully saturated rings. The molecule has 0 bridgehead atoms. The lowest BCUT2D eigenvalue weighted by Crippen LogP contribution is -2.11. The number of nitrogens with one attached hydrogen (secondary N) is 2. The lowest BCUT2D eigenvalue weighted by Gasteiger charge is -2.06. The van der Waals surface area contributed by atoms with Crippen molar-refractivity contribution in [2.24, 2.45) is 0 Å². The van der Waals surface area contributed by atoms with Gasteiger partial charge in [0, 0.05) is 11.3 Å². The Bertz CT molecular complexity index is 1460. The Morgan fingerprint density at radius 2 is 1.84 bits per heavy atom. The molecule has 0 spiro atoms. The third-order valence-corrected chi connectivity index (χ3v) is 4.82. The van der Waals surface area contributed by atoms with Crippen LogP contribution in [0.25, 0.3) is 22.2 Å². The lowest BCUT2D eigenvalue weighted by molar-refractivity contribution is 0.0992. The van der Waals surface area contributed by atoms with Gasteiger partial charge in [0.1, 0.15) is 18.1 Å². The fourth-order valence-electron chi connectivity index (χ4n) is 3.28. The van der Waals surface area contributed by atoms with Gasteiger partial charge in [-0.05, 0) is 47.2 Å². The van der Waals surface area contributed by atoms with Crippen molar-refractivity contribution >= 4 is 22.4 Å². The first-order valence-electron chi connectivity index (χ1n) is 9.82. The minimum absolute atomic E-state index is 0.155. The molecule has 2 heterocycles. The fraction of sp³-hybridized carbons (Fsp3) is 0.0417. The number of furan rings is 1. The van der Waals surface area contributed by atoms with Gasteiger partial charge in [0.15, 0.2) is 11.6 Å². The van der Waals surface area contributed by atoms with Gasteiger partial charge in [-0.3, -0.25) is 14.3 Å². The van der Waals surface area contributed by atoms with E-state index in [1.54, 1.807) is 36.4 Å². The number of benzene rings is 3. The van der Waals surface area contributed by atoms with Crippen molar-refractivity contribution in [1.29, 1.82) is 0 Å². The number of ether oxygens (including phenoxy) is 1. The van der Waals surface area contributed by atoms with E-state index in [0.29, 0.717) is 22.8 Å². The van der Waals surface area contributed by atoms with Crippen molar-refractivity contribution in [2.45, 2.75) is 6.61 Å². The maximum absolute atomic E-state index is 12.6. The molecule has 8 heteroatoms. The number of amides is 1. The average molecular weight is 427 g/mol. The van der Waals surface area contributed by atoms with Crippen molar-refractivity contribution in [3.63, 3.8) is 0 Å². The molecule has 0 aliphatic rings. The molecule has 8 nitrogen and oxygen atoms in total. The number of H-pyrrole nitrogens is 1. The van der Waals surface area contributed by atoms with E-state index in [1.807, 2.05) is 42.5 Å². The van der Waals surface area contributed by atoms with Gasteiger partial charge in [0.05, 0.1) is 0 Å². The van der Waals surface area contributed by atoms with Crippen LogP contribution in [0.4, 0.5) is 5.69 Å². The van der Waals surface area contributed by atoms with Crippen LogP contribution in [-0.4, -0.2) is 16.0 Å². The number of aromatic nitrogens is 2. The summed E-state index contributed by atoms with van der Waals surface area (Å²) in [5.74, 6) is 0.613. The van der Waals surface area contributed by atoms with Crippen LogP contribution >= 0.6 is 0 Å². The zero-order valence-electron chi connectivity index (χ0n) is 16.7. The normalized spacial score (nSPS) is 10.9. The number of rotatable bonds is 6. The highest BCUT2D eigenvalue weighted by atomic mass is 16.5. The van der Waals surface area contributed by atoms with Gasteiger partial charge in [-0.1, -0.05) is 47.6 Å². The molecule has 0 unspecified atom stereocenters. The van der Waals surface area contributed by atoms with Gasteiger partial charge in [-0.15, -0.1) is 0 Å². The first kappa shape index (κ1) is 19.4. The molecule has 0 radical (unpaired) electrons. The van der Waals surface area contributed by atoms with Crippen LogP contribution in [0.3, 0.4) is 0 Å². The van der Waals surface area contributed by atoms with Crippen LogP contribution in [0.2, 0.25) is 0 Å². The highest BCUT2D eigenvalue weighted by molar-refractivity contribution is 6.02. The predicted octanol–water partition coefficient (Wildman–Crippen LogP) is 4.61. The number of carbonyl (C=O) groups excluding carboxylic acids is 1. The maximum Gasteiger partial charge on any atom is 0.439 e. The topological polar surface area (TPSA) is 110 Å². The van der Waals surface area contributed by atoms with Gasteiger partial charge >= 0.3 is 5.76 Å². The van der Waals surface area contributed by atoms with E-state index in [0.717, 1.165) is 10.8 Å². The minimum Gasteiger partial charge on any atom is -0.486 e. The molecular weight excluding hydrogens is 410 g/mol. The second-order valence-electron chi connectivity index (χ2n) is 7.04. The summed E-state index contributed by atoms with van der Waals surface area (Å²) in [7, 11) is 0. The highest BCUT2D eigenvalue weighted by Gasteiger charge is 2.13. The standard InChI is InChI=1S/C24H17N3O5/c28-23(25-18-7-3-6-17(12-18)22-26-24(29)32-27-22)21-11-10-20(31-21)14-30-19-9-8-15-4-1-2-5-16(15)13-19/h1-13H,14H2,(H,25,28)(H,26,27,29). The Morgan fingerprint density at radius 3 is 2.69 bits per heavy atom. The largest absolute Gasteiger partial charge is 0.486 e. The molecule has 0 aliphatic heterocycles. The van der Waals surface area contributed by atoms with E-state index in [9.17, 15) is 9.59 Å². The fourth-order valence-corrected chi connectivity index (χ4v) is 3.28. The number of aromatic amines is 1. The lowest BCUT2D eigenvalue weighted by atomic mass is 10.1. The summed E-state index contributed by atoms with van der Waals surface area (Å²) >= 11 is 0. The summed E-state index contributed by atoms with van der Waals surface area (Å²) in [6, 6.07) is 24.0. The number of fused-ring (bicyclic) bond motifs is 1. The Balaban J connectivity index is 1.24. The average Bonchev–Trinajstić information content (AvgIpc) is 3.47. The van der Waals surface area contributed by atoms with Crippen molar-refractivity contribution < 1.29 is 18.5 Å². The monoisotopic (exact) mass is 427 g/mol. The molecule has 5 rings (SSSR count). The summed E-state index contributed by atoms with van der Waals surface area (Å²) < 4.78 is 16.0. The smallest absolute Gasteiger partial charge is 0.439 e. The van der Waals surface area contributed by atoms with Gasteiger partial charge in [0.25, 0.3) is 5.91 Å². The number of hydrogen-bond donors (Lipinski definition) is 2. The Kier molecular flexibility index (Phi) is 5.01. The van der Waals surface area contributed by atoms with Crippen LogP contribution in [-0.2, 0) is 6.61 Å². The number of carbonyl (C=O) groups is 1. The molecule has 0 saturated heterocycles. The van der Waals surface area contributed by atoms with E-state index < -0.39 is 11.7 Å². The van der Waals surface area contributed by atoms with E-state index in [-0.39, 0.29) is 18.2 Å². The zero-order chi connectivity index (χ0) is 21.9. The first-order valence-corrected chi connectivity index (χ1v) is 9.82. The van der Waals surface area contributed by atoms with Crippen molar-refractivity contribution in [3.05, 3.63) is 101 Å². The molecule has 3 aromatic carbocycles. The van der Waals surface area contributed by atoms with E-state index in [1.165, 1.54) is 0 Å². The Hall–Kier alpha value is -4.59. The van der Waals surface area contributed by atoms with Crippen LogP contribution < -0.4 is 15.8 Å². The van der Waals surface area contributed by atoms with E-state index in [2.05, 4.69) is 20.0 Å². The molecule has 2 N–H and O–H groups in total. The van der Waals surface area contributed by atoms with Crippen LogP contribution in [0.15, 0.2) is 92.6 Å². The molecule has 2 aromatic heterocycles. The SMILES string of the molecule is O=C(Nc1cccc(-c2noc(=O)[nH]2)c1)c1ccc(COc2ccc3ccccc3c2)o1. The Morgan fingerprint density at radius 1 is 0.969 bits per heavy atom. The first-order chi connectivity index (χ1) is 15.6. The van der Waals surface area contributed by atoms with E-state index in [4.69, 9.17) is 9.15 Å². The second-order valence-corrected chi connectivity index (χ2v) is 7.04. The quantitative estimate of drug-likeness (QED) is 0.410. The molecule has 1 amide bonds. The maximum atomic E-state index is 12.6. The van der Waals surface area contributed by atoms with Crippen molar-refractivity contribution in [2.75, 3.05) is 5.32 Å². The third-order valence-electron chi connectivity index (χ3n) is 4.82. The Labute approximate surface area is 181 Å². The number of nitrogens with zero attached hydrogens (tertiary/aromatic N) is 1. The summed E-state index contributed by atoms with van der Waals surface area (Å²) in [5.41, 5.74) is 1.11. The molecular formula is C24H17N3O5. The van der Waals surface area contributed by atoms with Gasteiger partial charge in [-0.2, -0.15) is 0 Å². The predicted molar refractivity (Wildman–Crippen MR) is 118 cm³/mol.